The van der Waals surface area contributed by atoms with Gasteiger partial charge in [0.25, 0.3) is 5.91 Å². The first-order valence-electron chi connectivity index (χ1n) is 8.78. The first-order chi connectivity index (χ1) is 13.0. The molecule has 0 radical (unpaired) electrons. The summed E-state index contributed by atoms with van der Waals surface area (Å²) in [4.78, 5) is 35.7. The lowest BCUT2D eigenvalue weighted by molar-refractivity contribution is -0.144. The molecule has 0 spiro atoms. The monoisotopic (exact) mass is 369 g/mol. The molecule has 0 aliphatic carbocycles. The molecule has 27 heavy (non-hydrogen) atoms. The second-order valence-corrected chi connectivity index (χ2v) is 5.93. The van der Waals surface area contributed by atoms with Crippen molar-refractivity contribution in [1.82, 2.24) is 0 Å². The SMILES string of the molecule is CCc1ccc(CC)c(C(=O)COC(=O)COc2ccccc2C(N)=O)c1. The van der Waals surface area contributed by atoms with Crippen molar-refractivity contribution in [2.75, 3.05) is 13.2 Å². The van der Waals surface area contributed by atoms with E-state index in [-0.39, 0.29) is 23.7 Å². The summed E-state index contributed by atoms with van der Waals surface area (Å²) in [7, 11) is 0. The first-order valence-corrected chi connectivity index (χ1v) is 8.78. The van der Waals surface area contributed by atoms with Crippen LogP contribution >= 0.6 is 0 Å². The molecule has 0 aromatic heterocycles. The van der Waals surface area contributed by atoms with Gasteiger partial charge in [0.05, 0.1) is 5.56 Å². The van der Waals surface area contributed by atoms with Crippen molar-refractivity contribution in [3.63, 3.8) is 0 Å². The third-order valence-corrected chi connectivity index (χ3v) is 4.13. The molecular formula is C21H23NO5. The average molecular weight is 369 g/mol. The largest absolute Gasteiger partial charge is 0.481 e. The van der Waals surface area contributed by atoms with E-state index in [1.165, 1.54) is 12.1 Å². The highest BCUT2D eigenvalue weighted by atomic mass is 16.6. The third kappa shape index (κ3) is 5.41. The van der Waals surface area contributed by atoms with Gasteiger partial charge in [0.15, 0.2) is 13.2 Å². The molecular weight excluding hydrogens is 346 g/mol. The van der Waals surface area contributed by atoms with Crippen LogP contribution in [0.25, 0.3) is 0 Å². The molecule has 0 saturated carbocycles. The van der Waals surface area contributed by atoms with Crippen LogP contribution in [0.2, 0.25) is 0 Å². The number of aryl methyl sites for hydroxylation is 2. The number of benzene rings is 2. The summed E-state index contributed by atoms with van der Waals surface area (Å²) in [6.45, 7) is 3.19. The number of esters is 1. The van der Waals surface area contributed by atoms with Crippen LogP contribution in [-0.4, -0.2) is 30.9 Å². The minimum absolute atomic E-state index is 0.172. The van der Waals surface area contributed by atoms with Crippen molar-refractivity contribution in [3.8, 4) is 5.75 Å². The minimum Gasteiger partial charge on any atom is -0.481 e. The van der Waals surface area contributed by atoms with Gasteiger partial charge in [-0.25, -0.2) is 4.79 Å². The van der Waals surface area contributed by atoms with E-state index in [0.29, 0.717) is 12.0 Å². The summed E-state index contributed by atoms with van der Waals surface area (Å²) in [5.41, 5.74) is 7.97. The number of carbonyl (C=O) groups excluding carboxylic acids is 3. The molecule has 6 nitrogen and oxygen atoms in total. The molecule has 0 aliphatic heterocycles. The fraction of sp³-hybridized carbons (Fsp3) is 0.286. The van der Waals surface area contributed by atoms with Crippen molar-refractivity contribution < 1.29 is 23.9 Å². The Morgan fingerprint density at radius 2 is 1.67 bits per heavy atom. The lowest BCUT2D eigenvalue weighted by atomic mass is 9.98. The topological polar surface area (TPSA) is 95.7 Å². The fourth-order valence-corrected chi connectivity index (χ4v) is 2.61. The number of hydrogen-bond acceptors (Lipinski definition) is 5. The van der Waals surface area contributed by atoms with Gasteiger partial charge in [-0.1, -0.05) is 38.1 Å². The fourth-order valence-electron chi connectivity index (χ4n) is 2.61. The number of amides is 1. The highest BCUT2D eigenvalue weighted by Crippen LogP contribution is 2.17. The molecule has 0 saturated heterocycles. The Morgan fingerprint density at radius 1 is 0.926 bits per heavy atom. The molecule has 2 rings (SSSR count). The van der Waals surface area contributed by atoms with Crippen LogP contribution < -0.4 is 10.5 Å². The molecule has 2 aromatic carbocycles. The van der Waals surface area contributed by atoms with Gasteiger partial charge >= 0.3 is 5.97 Å². The Hall–Kier alpha value is -3.15. The van der Waals surface area contributed by atoms with Gasteiger partial charge < -0.3 is 15.2 Å². The smallest absolute Gasteiger partial charge is 0.344 e. The zero-order valence-corrected chi connectivity index (χ0v) is 15.5. The minimum atomic E-state index is -0.702. The van der Waals surface area contributed by atoms with E-state index in [9.17, 15) is 14.4 Å². The Balaban J connectivity index is 1.94. The highest BCUT2D eigenvalue weighted by molar-refractivity contribution is 5.99. The highest BCUT2D eigenvalue weighted by Gasteiger charge is 2.15. The van der Waals surface area contributed by atoms with Crippen LogP contribution in [0.15, 0.2) is 42.5 Å². The van der Waals surface area contributed by atoms with E-state index in [1.54, 1.807) is 12.1 Å². The third-order valence-electron chi connectivity index (χ3n) is 4.13. The molecule has 0 heterocycles. The van der Waals surface area contributed by atoms with E-state index in [4.69, 9.17) is 15.2 Å². The Morgan fingerprint density at radius 3 is 2.33 bits per heavy atom. The molecule has 0 fully saturated rings. The Bertz CT molecular complexity index is 844. The van der Waals surface area contributed by atoms with E-state index >= 15 is 0 Å². The number of primary amides is 1. The number of rotatable bonds is 9. The second-order valence-electron chi connectivity index (χ2n) is 5.93. The van der Waals surface area contributed by atoms with E-state index in [2.05, 4.69) is 0 Å². The summed E-state index contributed by atoms with van der Waals surface area (Å²) in [6, 6.07) is 12.1. The molecule has 0 bridgehead atoms. The van der Waals surface area contributed by atoms with Gasteiger partial charge in [-0.3, -0.25) is 9.59 Å². The van der Waals surface area contributed by atoms with Crippen molar-refractivity contribution in [2.45, 2.75) is 26.7 Å². The van der Waals surface area contributed by atoms with Gasteiger partial charge in [-0.05, 0) is 42.2 Å². The number of hydrogen-bond donors (Lipinski definition) is 1. The average Bonchev–Trinajstić information content (AvgIpc) is 2.69. The normalized spacial score (nSPS) is 10.3. The molecule has 0 aliphatic rings. The Kier molecular flexibility index (Phi) is 7.11. The van der Waals surface area contributed by atoms with Gasteiger partial charge in [-0.15, -0.1) is 0 Å². The van der Waals surface area contributed by atoms with Gasteiger partial charge in [-0.2, -0.15) is 0 Å². The predicted molar refractivity (Wildman–Crippen MR) is 101 cm³/mol. The lowest BCUT2D eigenvalue weighted by Crippen LogP contribution is -2.21. The number of ether oxygens (including phenoxy) is 2. The number of Topliss-reactive ketones (excluding diaryl/α,β-unsaturated/α-hetero) is 1. The molecule has 2 aromatic rings. The van der Waals surface area contributed by atoms with Gasteiger partial charge in [0.1, 0.15) is 5.75 Å². The van der Waals surface area contributed by atoms with Crippen molar-refractivity contribution >= 4 is 17.7 Å². The summed E-state index contributed by atoms with van der Waals surface area (Å²) < 4.78 is 10.3. The second kappa shape index (κ2) is 9.52. The molecule has 0 unspecified atom stereocenters. The molecule has 1 amide bonds. The van der Waals surface area contributed by atoms with Crippen molar-refractivity contribution in [1.29, 1.82) is 0 Å². The number of para-hydroxylation sites is 1. The molecule has 2 N–H and O–H groups in total. The van der Waals surface area contributed by atoms with Gasteiger partial charge in [0.2, 0.25) is 5.78 Å². The lowest BCUT2D eigenvalue weighted by Gasteiger charge is -2.11. The maximum Gasteiger partial charge on any atom is 0.344 e. The quantitative estimate of drug-likeness (QED) is 0.542. The maximum atomic E-state index is 12.4. The summed E-state index contributed by atoms with van der Waals surface area (Å²) in [6.07, 6.45) is 1.53. The van der Waals surface area contributed by atoms with Crippen LogP contribution in [0.5, 0.6) is 5.75 Å². The number of nitrogens with two attached hydrogens (primary N) is 1. The van der Waals surface area contributed by atoms with Crippen molar-refractivity contribution in [3.05, 3.63) is 64.7 Å². The number of ketones is 1. The molecule has 0 atom stereocenters. The predicted octanol–water partition coefficient (Wildman–Crippen LogP) is 2.72. The van der Waals surface area contributed by atoms with Gasteiger partial charge in [0, 0.05) is 5.56 Å². The van der Waals surface area contributed by atoms with E-state index in [1.807, 2.05) is 32.0 Å². The van der Waals surface area contributed by atoms with Crippen LogP contribution in [0.3, 0.4) is 0 Å². The summed E-state index contributed by atoms with van der Waals surface area (Å²) in [5, 5.41) is 0. The molecule has 6 heteroatoms. The van der Waals surface area contributed by atoms with E-state index < -0.39 is 18.5 Å². The zero-order valence-electron chi connectivity index (χ0n) is 15.5. The van der Waals surface area contributed by atoms with E-state index in [0.717, 1.165) is 17.5 Å². The zero-order chi connectivity index (χ0) is 19.8. The summed E-state index contributed by atoms with van der Waals surface area (Å²) >= 11 is 0. The van der Waals surface area contributed by atoms with Crippen LogP contribution in [-0.2, 0) is 22.4 Å². The molecule has 142 valence electrons. The standard InChI is InChI=1S/C21H23NO5/c1-3-14-9-10-15(4-2)17(11-14)18(23)12-27-20(24)13-26-19-8-6-5-7-16(19)21(22)25/h5-11H,3-4,12-13H2,1-2H3,(H2,22,25). The Labute approximate surface area is 158 Å². The van der Waals surface area contributed by atoms with Crippen LogP contribution in [0.4, 0.5) is 0 Å². The van der Waals surface area contributed by atoms with Crippen LogP contribution in [0, 0.1) is 0 Å². The van der Waals surface area contributed by atoms with Crippen LogP contribution in [0.1, 0.15) is 45.7 Å². The van der Waals surface area contributed by atoms with Crippen molar-refractivity contribution in [2.24, 2.45) is 5.73 Å². The maximum absolute atomic E-state index is 12.4. The summed E-state index contributed by atoms with van der Waals surface area (Å²) in [5.74, 6) is -1.42. The first kappa shape index (κ1) is 20.2. The number of carbonyl (C=O) groups is 3.